The van der Waals surface area contributed by atoms with Crippen molar-refractivity contribution in [3.63, 3.8) is 0 Å². The van der Waals surface area contributed by atoms with Gasteiger partial charge in [0, 0.05) is 17.6 Å². The van der Waals surface area contributed by atoms with E-state index in [2.05, 4.69) is 5.10 Å². The predicted molar refractivity (Wildman–Crippen MR) is 85.0 cm³/mol. The van der Waals surface area contributed by atoms with Crippen LogP contribution >= 0.6 is 23.8 Å². The Balaban J connectivity index is 2.06. The molecule has 0 saturated heterocycles. The van der Waals surface area contributed by atoms with Crippen molar-refractivity contribution in [3.05, 3.63) is 70.7 Å². The van der Waals surface area contributed by atoms with E-state index in [4.69, 9.17) is 23.8 Å². The first kappa shape index (κ1) is 13.7. The highest BCUT2D eigenvalue weighted by molar-refractivity contribution is 7.80. The highest BCUT2D eigenvalue weighted by Gasteiger charge is 2.04. The lowest BCUT2D eigenvalue weighted by Crippen LogP contribution is -2.20. The van der Waals surface area contributed by atoms with Crippen molar-refractivity contribution in [3.8, 4) is 0 Å². The fourth-order valence-electron chi connectivity index (χ4n) is 1.52. The van der Waals surface area contributed by atoms with E-state index in [0.717, 1.165) is 11.1 Å². The minimum Gasteiger partial charge on any atom is -0.257 e. The van der Waals surface area contributed by atoms with Crippen molar-refractivity contribution in [2.75, 3.05) is 7.05 Å². The molecule has 2 rings (SSSR count). The van der Waals surface area contributed by atoms with E-state index >= 15 is 0 Å². The van der Waals surface area contributed by atoms with Crippen LogP contribution in [0.25, 0.3) is 0 Å². The number of hydrazone groups is 1. The van der Waals surface area contributed by atoms with E-state index < -0.39 is 0 Å². The predicted octanol–water partition coefficient (Wildman–Crippen LogP) is 3.98. The third-order valence-electron chi connectivity index (χ3n) is 2.56. The van der Waals surface area contributed by atoms with Crippen LogP contribution in [0.3, 0.4) is 0 Å². The third-order valence-corrected chi connectivity index (χ3v) is 3.32. The van der Waals surface area contributed by atoms with Crippen LogP contribution in [0.15, 0.2) is 59.7 Å². The Morgan fingerprint density at radius 2 is 1.74 bits per heavy atom. The van der Waals surface area contributed by atoms with Crippen molar-refractivity contribution in [1.82, 2.24) is 5.01 Å². The molecule has 0 heterocycles. The van der Waals surface area contributed by atoms with Gasteiger partial charge < -0.3 is 0 Å². The maximum Gasteiger partial charge on any atom is 0.129 e. The molecule has 2 aromatic rings. The molecule has 4 heteroatoms. The summed E-state index contributed by atoms with van der Waals surface area (Å²) >= 11 is 11.2. The summed E-state index contributed by atoms with van der Waals surface area (Å²) in [6.45, 7) is 0. The summed E-state index contributed by atoms with van der Waals surface area (Å²) in [6.07, 6.45) is 1.76. The highest BCUT2D eigenvalue weighted by Crippen LogP contribution is 2.09. The van der Waals surface area contributed by atoms with Gasteiger partial charge in [-0.3, -0.25) is 5.01 Å². The minimum absolute atomic E-state index is 0.686. The van der Waals surface area contributed by atoms with E-state index in [1.807, 2.05) is 61.6 Å². The summed E-state index contributed by atoms with van der Waals surface area (Å²) in [5.74, 6) is 0. The lowest BCUT2D eigenvalue weighted by molar-refractivity contribution is 0.559. The average Bonchev–Trinajstić information content (AvgIpc) is 2.46. The summed E-state index contributed by atoms with van der Waals surface area (Å²) < 4.78 is 0. The molecule has 0 N–H and O–H groups in total. The van der Waals surface area contributed by atoms with E-state index in [-0.39, 0.29) is 0 Å². The van der Waals surface area contributed by atoms with Crippen LogP contribution in [0, 0.1) is 0 Å². The van der Waals surface area contributed by atoms with Crippen LogP contribution in [0.1, 0.15) is 11.1 Å². The van der Waals surface area contributed by atoms with E-state index in [9.17, 15) is 0 Å². The zero-order valence-corrected chi connectivity index (χ0v) is 12.0. The zero-order chi connectivity index (χ0) is 13.7. The van der Waals surface area contributed by atoms with Crippen molar-refractivity contribution < 1.29 is 0 Å². The van der Waals surface area contributed by atoms with Crippen molar-refractivity contribution >= 4 is 35.0 Å². The zero-order valence-electron chi connectivity index (χ0n) is 10.5. The molecule has 0 amide bonds. The second kappa shape index (κ2) is 6.45. The number of hydrogen-bond acceptors (Lipinski definition) is 2. The quantitative estimate of drug-likeness (QED) is 0.482. The fraction of sp³-hybridized carbons (Fsp3) is 0.0667. The Morgan fingerprint density at radius 3 is 2.37 bits per heavy atom. The van der Waals surface area contributed by atoms with Crippen LogP contribution in [0.2, 0.25) is 5.02 Å². The molecule has 0 aliphatic heterocycles. The molecule has 2 nitrogen and oxygen atoms in total. The number of nitrogens with zero attached hydrogens (tertiary/aromatic N) is 2. The Labute approximate surface area is 123 Å². The van der Waals surface area contributed by atoms with Crippen LogP contribution in [0.4, 0.5) is 0 Å². The molecule has 0 spiro atoms. The van der Waals surface area contributed by atoms with Crippen LogP contribution in [-0.4, -0.2) is 23.3 Å². The van der Waals surface area contributed by atoms with Gasteiger partial charge >= 0.3 is 0 Å². The molecule has 0 aliphatic carbocycles. The monoisotopic (exact) mass is 288 g/mol. The Morgan fingerprint density at radius 1 is 1.11 bits per heavy atom. The first-order valence-electron chi connectivity index (χ1n) is 5.79. The van der Waals surface area contributed by atoms with Gasteiger partial charge in [-0.2, -0.15) is 5.10 Å². The molecule has 0 fully saturated rings. The van der Waals surface area contributed by atoms with Gasteiger partial charge in [-0.25, -0.2) is 0 Å². The number of hydrogen-bond donors (Lipinski definition) is 0. The van der Waals surface area contributed by atoms with Gasteiger partial charge in [0.2, 0.25) is 0 Å². The van der Waals surface area contributed by atoms with Gasteiger partial charge in [0.05, 0.1) is 6.21 Å². The van der Waals surface area contributed by atoms with Gasteiger partial charge in [0.1, 0.15) is 4.99 Å². The fourth-order valence-corrected chi connectivity index (χ4v) is 1.83. The molecule has 19 heavy (non-hydrogen) atoms. The van der Waals surface area contributed by atoms with Gasteiger partial charge in [0.15, 0.2) is 0 Å². The number of thiocarbonyl (C=S) groups is 1. The largest absolute Gasteiger partial charge is 0.257 e. The molecule has 0 radical (unpaired) electrons. The molecule has 0 atom stereocenters. The molecule has 0 bridgehead atoms. The molecule has 2 aromatic carbocycles. The molecule has 0 saturated carbocycles. The smallest absolute Gasteiger partial charge is 0.129 e. The van der Waals surface area contributed by atoms with Crippen LogP contribution in [-0.2, 0) is 0 Å². The minimum atomic E-state index is 0.686. The van der Waals surface area contributed by atoms with Gasteiger partial charge in [0.25, 0.3) is 0 Å². The number of halogens is 1. The number of benzene rings is 2. The van der Waals surface area contributed by atoms with E-state index in [1.54, 1.807) is 11.2 Å². The summed E-state index contributed by atoms with van der Waals surface area (Å²) in [5, 5.41) is 6.72. The summed E-state index contributed by atoms with van der Waals surface area (Å²) in [6, 6.07) is 17.3. The Bertz CT molecular complexity index is 579. The van der Waals surface area contributed by atoms with Crippen molar-refractivity contribution in [2.24, 2.45) is 5.10 Å². The second-order valence-electron chi connectivity index (χ2n) is 3.99. The van der Waals surface area contributed by atoms with E-state index in [1.165, 1.54) is 0 Å². The topological polar surface area (TPSA) is 15.6 Å². The summed E-state index contributed by atoms with van der Waals surface area (Å²) in [5.41, 5.74) is 1.96. The Hall–Kier alpha value is -1.71. The van der Waals surface area contributed by atoms with E-state index in [0.29, 0.717) is 10.0 Å². The summed E-state index contributed by atoms with van der Waals surface area (Å²) in [7, 11) is 1.84. The Kier molecular flexibility index (Phi) is 4.66. The first-order valence-corrected chi connectivity index (χ1v) is 6.58. The third kappa shape index (κ3) is 3.88. The lowest BCUT2D eigenvalue weighted by Gasteiger charge is -2.13. The van der Waals surface area contributed by atoms with Crippen LogP contribution in [0.5, 0.6) is 0 Å². The molecule has 96 valence electrons. The van der Waals surface area contributed by atoms with Crippen LogP contribution < -0.4 is 0 Å². The molecule has 0 aromatic heterocycles. The maximum atomic E-state index is 5.83. The van der Waals surface area contributed by atoms with Gasteiger partial charge in [-0.05, 0) is 17.7 Å². The average molecular weight is 289 g/mol. The van der Waals surface area contributed by atoms with Gasteiger partial charge in [-0.1, -0.05) is 66.3 Å². The summed E-state index contributed by atoms with van der Waals surface area (Å²) in [4.78, 5) is 0.686. The van der Waals surface area contributed by atoms with Gasteiger partial charge in [-0.15, -0.1) is 0 Å². The lowest BCUT2D eigenvalue weighted by atomic mass is 10.2. The molecule has 0 aliphatic rings. The molecular weight excluding hydrogens is 276 g/mol. The molecular formula is C15H13ClN2S. The maximum absolute atomic E-state index is 5.83. The van der Waals surface area contributed by atoms with Crippen molar-refractivity contribution in [2.45, 2.75) is 0 Å². The number of rotatable bonds is 3. The first-order chi connectivity index (χ1) is 9.16. The normalized spacial score (nSPS) is 10.6. The second-order valence-corrected chi connectivity index (χ2v) is 4.81. The SMILES string of the molecule is CN(/N=C/c1ccc(Cl)cc1)C(=S)c1ccccc1. The highest BCUT2D eigenvalue weighted by atomic mass is 35.5. The standard InChI is InChI=1S/C15H13ClN2S/c1-18(15(19)13-5-3-2-4-6-13)17-11-12-7-9-14(16)10-8-12/h2-11H,1H3/b17-11+. The molecule has 0 unspecified atom stereocenters. The van der Waals surface area contributed by atoms with Crippen molar-refractivity contribution in [1.29, 1.82) is 0 Å².